The van der Waals surface area contributed by atoms with E-state index in [1.54, 1.807) is 19.4 Å². The van der Waals surface area contributed by atoms with Crippen LogP contribution in [0.1, 0.15) is 37.7 Å². The molecule has 1 amide bonds. The molecule has 5 rings (SSSR count). The van der Waals surface area contributed by atoms with Crippen LogP contribution in [0.15, 0.2) is 72.4 Å². The van der Waals surface area contributed by atoms with E-state index in [2.05, 4.69) is 16.0 Å². The van der Waals surface area contributed by atoms with Gasteiger partial charge in [-0.3, -0.25) is 4.98 Å². The summed E-state index contributed by atoms with van der Waals surface area (Å²) in [5.74, 6) is 1.42. The van der Waals surface area contributed by atoms with Crippen molar-refractivity contribution in [3.8, 4) is 5.88 Å². The van der Waals surface area contributed by atoms with Gasteiger partial charge in [-0.15, -0.1) is 0 Å². The zero-order valence-corrected chi connectivity index (χ0v) is 20.1. The normalized spacial score (nSPS) is 20.2. The van der Waals surface area contributed by atoms with Crippen LogP contribution in [-0.4, -0.2) is 51.9 Å². The first-order valence-electron chi connectivity index (χ1n) is 12.2. The number of carbonyl (C=O) groups is 1. The van der Waals surface area contributed by atoms with Crippen molar-refractivity contribution in [3.63, 3.8) is 0 Å². The van der Waals surface area contributed by atoms with E-state index in [4.69, 9.17) is 18.9 Å². The maximum absolute atomic E-state index is 12.5. The lowest BCUT2D eigenvalue weighted by atomic mass is 10.0. The second-order valence-corrected chi connectivity index (χ2v) is 8.92. The van der Waals surface area contributed by atoms with E-state index in [9.17, 15) is 9.90 Å². The predicted molar refractivity (Wildman–Crippen MR) is 131 cm³/mol. The number of cyclic esters (lactones) is 1. The molecule has 2 aliphatic heterocycles. The Labute approximate surface area is 209 Å². The van der Waals surface area contributed by atoms with Crippen LogP contribution in [0.4, 0.5) is 4.79 Å². The summed E-state index contributed by atoms with van der Waals surface area (Å²) in [5, 5.41) is 10.6. The zero-order valence-electron chi connectivity index (χ0n) is 20.1. The third kappa shape index (κ3) is 5.36. The van der Waals surface area contributed by atoms with Crippen LogP contribution >= 0.6 is 0 Å². The van der Waals surface area contributed by atoms with Gasteiger partial charge in [0, 0.05) is 18.7 Å². The number of nitrogens with zero attached hydrogens (tertiary/aromatic N) is 3. The van der Waals surface area contributed by atoms with Gasteiger partial charge in [0.25, 0.3) is 0 Å². The Morgan fingerprint density at radius 3 is 3.03 bits per heavy atom. The van der Waals surface area contributed by atoms with Gasteiger partial charge in [-0.2, -0.15) is 0 Å². The zero-order chi connectivity index (χ0) is 24.9. The van der Waals surface area contributed by atoms with Crippen molar-refractivity contribution >= 4 is 17.1 Å². The molecule has 0 aromatic carbocycles. The highest BCUT2D eigenvalue weighted by Crippen LogP contribution is 2.30. The Balaban J connectivity index is 1.12. The van der Waals surface area contributed by atoms with Crippen molar-refractivity contribution in [1.82, 2.24) is 14.9 Å². The lowest BCUT2D eigenvalue weighted by Gasteiger charge is -2.23. The Kier molecular flexibility index (Phi) is 7.18. The monoisotopic (exact) mass is 491 g/mol. The molecule has 9 heteroatoms. The molecule has 36 heavy (non-hydrogen) atoms. The minimum atomic E-state index is -0.606. The number of aromatic nitrogens is 2. The minimum Gasteiger partial charge on any atom is -0.481 e. The highest BCUT2D eigenvalue weighted by atomic mass is 16.6. The number of ether oxygens (including phenoxy) is 4. The first-order chi connectivity index (χ1) is 17.6. The van der Waals surface area contributed by atoms with Gasteiger partial charge >= 0.3 is 6.09 Å². The minimum absolute atomic E-state index is 0.288. The van der Waals surface area contributed by atoms with Crippen molar-refractivity contribution in [1.29, 1.82) is 0 Å². The second kappa shape index (κ2) is 10.8. The van der Waals surface area contributed by atoms with Crippen LogP contribution in [0.3, 0.4) is 0 Å². The molecule has 2 aromatic heterocycles. The van der Waals surface area contributed by atoms with Gasteiger partial charge in [0.1, 0.15) is 12.4 Å². The quantitative estimate of drug-likeness (QED) is 0.547. The fourth-order valence-electron chi connectivity index (χ4n) is 4.53. The van der Waals surface area contributed by atoms with Crippen molar-refractivity contribution < 1.29 is 28.8 Å². The van der Waals surface area contributed by atoms with Gasteiger partial charge in [0.15, 0.2) is 12.0 Å². The smallest absolute Gasteiger partial charge is 0.417 e. The van der Waals surface area contributed by atoms with Crippen LogP contribution in [0.25, 0.3) is 11.0 Å². The van der Waals surface area contributed by atoms with Gasteiger partial charge in [-0.1, -0.05) is 18.2 Å². The molecule has 2 aromatic rings. The molecule has 0 saturated carbocycles. The SMILES string of the molecule is COc1ccc2nccc(CCC[C@@H](O)C[C@H]3CN(C4=COC=C(C5=CC=CCC5)O4)C(=O)O3)c2n1. The number of carbonyl (C=O) groups excluding carboxylic acids is 1. The molecule has 188 valence electrons. The summed E-state index contributed by atoms with van der Waals surface area (Å²) < 4.78 is 22.1. The van der Waals surface area contributed by atoms with Crippen molar-refractivity contribution in [2.24, 2.45) is 0 Å². The van der Waals surface area contributed by atoms with Crippen LogP contribution in [0.5, 0.6) is 5.88 Å². The maximum Gasteiger partial charge on any atom is 0.417 e. The van der Waals surface area contributed by atoms with Crippen LogP contribution in [-0.2, 0) is 20.6 Å². The van der Waals surface area contributed by atoms with Crippen molar-refractivity contribution in [3.05, 3.63) is 77.9 Å². The molecule has 0 spiro atoms. The number of methoxy groups -OCH3 is 1. The summed E-state index contributed by atoms with van der Waals surface area (Å²) in [6, 6.07) is 5.62. The number of fused-ring (bicyclic) bond motifs is 1. The molecule has 3 aliphatic rings. The van der Waals surface area contributed by atoms with Crippen molar-refractivity contribution in [2.45, 2.75) is 50.7 Å². The average molecular weight is 492 g/mol. The summed E-state index contributed by atoms with van der Waals surface area (Å²) in [7, 11) is 1.59. The average Bonchev–Trinajstić information content (AvgIpc) is 3.28. The predicted octanol–water partition coefficient (Wildman–Crippen LogP) is 4.50. The molecule has 4 heterocycles. The summed E-state index contributed by atoms with van der Waals surface area (Å²) in [6.45, 7) is 0.288. The number of rotatable bonds is 9. The molecule has 0 bridgehead atoms. The first-order valence-corrected chi connectivity index (χ1v) is 12.2. The van der Waals surface area contributed by atoms with Crippen LogP contribution < -0.4 is 4.74 Å². The molecule has 0 unspecified atom stereocenters. The summed E-state index contributed by atoms with van der Waals surface area (Å²) in [5.41, 5.74) is 3.68. The molecular weight excluding hydrogens is 462 g/mol. The summed E-state index contributed by atoms with van der Waals surface area (Å²) in [4.78, 5) is 22.8. The number of hydrogen-bond donors (Lipinski definition) is 1. The Morgan fingerprint density at radius 1 is 1.28 bits per heavy atom. The first kappa shape index (κ1) is 23.9. The lowest BCUT2D eigenvalue weighted by Crippen LogP contribution is -2.28. The van der Waals surface area contributed by atoms with Gasteiger partial charge in [-0.25, -0.2) is 14.7 Å². The van der Waals surface area contributed by atoms with Crippen LogP contribution in [0.2, 0.25) is 0 Å². The summed E-state index contributed by atoms with van der Waals surface area (Å²) in [6.07, 6.45) is 13.4. The van der Waals surface area contributed by atoms with E-state index in [1.807, 2.05) is 24.3 Å². The highest BCUT2D eigenvalue weighted by Gasteiger charge is 2.37. The summed E-state index contributed by atoms with van der Waals surface area (Å²) >= 11 is 0. The number of amides is 1. The van der Waals surface area contributed by atoms with Crippen LogP contribution in [0, 0.1) is 0 Å². The standard InChI is InChI=1S/C27H29N3O6/c1-33-24-11-10-22-26(29-24)19(12-13-28-22)8-5-9-20(31)14-21-15-30(27(32)35-21)25-17-34-16-23(36-25)18-6-3-2-4-7-18/h2-3,6,10-13,16-17,20-21,31H,4-5,7-9,14-15H2,1H3/t20-,21+/m1/s1. The largest absolute Gasteiger partial charge is 0.481 e. The number of aryl methyl sites for hydroxylation is 1. The van der Waals surface area contributed by atoms with Crippen molar-refractivity contribution in [2.75, 3.05) is 13.7 Å². The maximum atomic E-state index is 12.5. The lowest BCUT2D eigenvalue weighted by molar-refractivity contribution is 0.0786. The molecule has 1 saturated heterocycles. The van der Waals surface area contributed by atoms with E-state index < -0.39 is 18.3 Å². The fourth-order valence-corrected chi connectivity index (χ4v) is 4.53. The van der Waals surface area contributed by atoms with Gasteiger partial charge in [-0.05, 0) is 55.4 Å². The molecular formula is C27H29N3O6. The molecule has 2 atom stereocenters. The number of aliphatic hydroxyl groups is 1. The molecule has 1 aliphatic carbocycles. The van der Waals surface area contributed by atoms with Gasteiger partial charge < -0.3 is 24.1 Å². The Bertz CT molecular complexity index is 1250. The van der Waals surface area contributed by atoms with E-state index in [1.165, 1.54) is 17.4 Å². The third-order valence-corrected chi connectivity index (χ3v) is 6.40. The molecule has 9 nitrogen and oxygen atoms in total. The number of aliphatic hydroxyl groups excluding tert-OH is 1. The highest BCUT2D eigenvalue weighted by molar-refractivity contribution is 5.78. The Morgan fingerprint density at radius 2 is 2.19 bits per heavy atom. The van der Waals surface area contributed by atoms with Gasteiger partial charge in [0.2, 0.25) is 11.8 Å². The number of pyridine rings is 2. The number of hydrogen-bond acceptors (Lipinski definition) is 8. The number of allylic oxidation sites excluding steroid dienone is 4. The molecule has 0 radical (unpaired) electrons. The second-order valence-electron chi connectivity index (χ2n) is 8.92. The molecule has 1 fully saturated rings. The topological polar surface area (TPSA) is 103 Å². The fraction of sp³-hybridized carbons (Fsp3) is 0.370. The van der Waals surface area contributed by atoms with E-state index >= 15 is 0 Å². The van der Waals surface area contributed by atoms with E-state index in [0.717, 1.165) is 47.9 Å². The van der Waals surface area contributed by atoms with E-state index in [0.29, 0.717) is 24.5 Å². The Hall–Kier alpha value is -3.85. The van der Waals surface area contributed by atoms with E-state index in [-0.39, 0.29) is 12.4 Å². The molecule has 1 N–H and O–H groups in total. The third-order valence-electron chi connectivity index (χ3n) is 6.40. The van der Waals surface area contributed by atoms with Gasteiger partial charge in [0.05, 0.1) is 30.8 Å².